The maximum atomic E-state index is 12.2. The first-order chi connectivity index (χ1) is 14.4. The smallest absolute Gasteiger partial charge is 0.306 e. The van der Waals surface area contributed by atoms with E-state index in [1.165, 1.54) is 0 Å². The highest BCUT2D eigenvalue weighted by atomic mass is 35.5. The zero-order chi connectivity index (χ0) is 21.9. The molecule has 2 aromatic rings. The number of benzene rings is 2. The molecule has 30 heavy (non-hydrogen) atoms. The van der Waals surface area contributed by atoms with Gasteiger partial charge in [-0.1, -0.05) is 30.1 Å². The second-order valence-corrected chi connectivity index (χ2v) is 7.33. The number of anilines is 1. The van der Waals surface area contributed by atoms with Crippen LogP contribution in [0.5, 0.6) is 5.75 Å². The van der Waals surface area contributed by atoms with Crippen molar-refractivity contribution in [1.29, 1.82) is 0 Å². The van der Waals surface area contributed by atoms with Gasteiger partial charge >= 0.3 is 5.97 Å². The van der Waals surface area contributed by atoms with Crippen LogP contribution in [0.4, 0.5) is 5.69 Å². The van der Waals surface area contributed by atoms with Gasteiger partial charge < -0.3 is 14.8 Å². The molecule has 6 nitrogen and oxygen atoms in total. The molecular formula is C22H23Cl2NO5. The topological polar surface area (TPSA) is 81.7 Å². The van der Waals surface area contributed by atoms with Gasteiger partial charge in [0.15, 0.2) is 12.4 Å². The average molecular weight is 452 g/mol. The summed E-state index contributed by atoms with van der Waals surface area (Å²) >= 11 is 11.8. The number of Topliss-reactive ketones (excluding diaryl/α,β-unsaturated/α-hetero) is 1. The van der Waals surface area contributed by atoms with E-state index in [0.29, 0.717) is 39.9 Å². The molecule has 0 bridgehead atoms. The van der Waals surface area contributed by atoms with Crippen molar-refractivity contribution in [3.05, 3.63) is 58.1 Å². The number of nitrogens with one attached hydrogen (secondary N) is 1. The van der Waals surface area contributed by atoms with Gasteiger partial charge in [-0.3, -0.25) is 14.4 Å². The molecule has 0 spiro atoms. The number of ether oxygens (including phenoxy) is 2. The fourth-order valence-corrected chi connectivity index (χ4v) is 2.95. The molecule has 0 aromatic heterocycles. The molecule has 0 radical (unpaired) electrons. The Bertz CT molecular complexity index is 884. The summed E-state index contributed by atoms with van der Waals surface area (Å²) in [5.41, 5.74) is 1.01. The van der Waals surface area contributed by atoms with Gasteiger partial charge in [-0.15, -0.1) is 0 Å². The molecule has 0 fully saturated rings. The van der Waals surface area contributed by atoms with E-state index in [9.17, 15) is 14.4 Å². The highest BCUT2D eigenvalue weighted by Gasteiger charge is 2.11. The van der Waals surface area contributed by atoms with Gasteiger partial charge in [-0.05, 0) is 55.3 Å². The number of rotatable bonds is 11. The average Bonchev–Trinajstić information content (AvgIpc) is 2.71. The van der Waals surface area contributed by atoms with Crippen LogP contribution < -0.4 is 10.1 Å². The van der Waals surface area contributed by atoms with Gasteiger partial charge in [-0.25, -0.2) is 0 Å². The predicted octanol–water partition coefficient (Wildman–Crippen LogP) is 5.32. The number of esters is 1. The third-order valence-corrected chi connectivity index (χ3v) is 4.54. The number of carbonyl (C=O) groups is 3. The summed E-state index contributed by atoms with van der Waals surface area (Å²) in [6.45, 7) is 1.85. The van der Waals surface area contributed by atoms with Crippen molar-refractivity contribution in [3.8, 4) is 5.75 Å². The Morgan fingerprint density at radius 2 is 1.73 bits per heavy atom. The minimum atomic E-state index is -0.488. The zero-order valence-electron chi connectivity index (χ0n) is 16.6. The third-order valence-electron chi connectivity index (χ3n) is 4.01. The lowest BCUT2D eigenvalue weighted by molar-refractivity contribution is -0.142. The van der Waals surface area contributed by atoms with E-state index < -0.39 is 5.97 Å². The Morgan fingerprint density at radius 1 is 1.00 bits per heavy atom. The van der Waals surface area contributed by atoms with E-state index in [2.05, 4.69) is 5.32 Å². The van der Waals surface area contributed by atoms with E-state index in [4.69, 9.17) is 32.7 Å². The van der Waals surface area contributed by atoms with Crippen molar-refractivity contribution in [2.75, 3.05) is 18.5 Å². The Labute approximate surface area is 185 Å². The van der Waals surface area contributed by atoms with E-state index >= 15 is 0 Å². The molecule has 160 valence electrons. The monoisotopic (exact) mass is 451 g/mol. The largest absolute Gasteiger partial charge is 0.492 e. The molecule has 0 saturated carbocycles. The third kappa shape index (κ3) is 8.05. The van der Waals surface area contributed by atoms with Gasteiger partial charge in [0.1, 0.15) is 5.75 Å². The first kappa shape index (κ1) is 23.7. The van der Waals surface area contributed by atoms with E-state index in [1.807, 2.05) is 6.92 Å². The molecule has 1 N–H and O–H groups in total. The fraction of sp³-hybridized carbons (Fsp3) is 0.318. The Kier molecular flexibility index (Phi) is 9.64. The number of hydrogen-bond donors (Lipinski definition) is 1. The quantitative estimate of drug-likeness (QED) is 0.284. The molecule has 0 saturated heterocycles. The molecule has 0 aliphatic carbocycles. The van der Waals surface area contributed by atoms with Gasteiger partial charge in [0.05, 0.1) is 11.6 Å². The molecule has 0 aliphatic heterocycles. The lowest BCUT2D eigenvalue weighted by atomic mass is 10.1. The summed E-state index contributed by atoms with van der Waals surface area (Å²) in [6, 6.07) is 11.3. The minimum absolute atomic E-state index is 0.0761. The zero-order valence-corrected chi connectivity index (χ0v) is 18.1. The van der Waals surface area contributed by atoms with Crippen LogP contribution in [0.15, 0.2) is 42.5 Å². The minimum Gasteiger partial charge on any atom is -0.492 e. The maximum absolute atomic E-state index is 12.2. The standard InChI is InChI=1S/C22H23Cl2NO5/c1-2-4-21(27)25-17-9-6-15(7-10-17)19(26)14-30-22(28)5-3-12-29-20-11-8-16(23)13-18(20)24/h6-11,13H,2-5,12,14H2,1H3,(H,25,27). The van der Waals surface area contributed by atoms with Crippen LogP contribution in [0.3, 0.4) is 0 Å². The Hall–Kier alpha value is -2.57. The van der Waals surface area contributed by atoms with Crippen LogP contribution in [-0.4, -0.2) is 30.9 Å². The second-order valence-electron chi connectivity index (χ2n) is 6.49. The summed E-state index contributed by atoms with van der Waals surface area (Å²) < 4.78 is 10.5. The lowest BCUT2D eigenvalue weighted by Gasteiger charge is -2.08. The van der Waals surface area contributed by atoms with Gasteiger partial charge in [0, 0.05) is 29.1 Å². The van der Waals surface area contributed by atoms with Crippen LogP contribution in [0.1, 0.15) is 43.0 Å². The SMILES string of the molecule is CCCC(=O)Nc1ccc(C(=O)COC(=O)CCCOc2ccc(Cl)cc2Cl)cc1. The van der Waals surface area contributed by atoms with Crippen LogP contribution >= 0.6 is 23.2 Å². The molecule has 8 heteroatoms. The molecule has 0 aliphatic rings. The molecule has 2 rings (SSSR count). The first-order valence-corrected chi connectivity index (χ1v) is 10.3. The van der Waals surface area contributed by atoms with E-state index in [0.717, 1.165) is 6.42 Å². The summed E-state index contributed by atoms with van der Waals surface area (Å²) in [7, 11) is 0. The highest BCUT2D eigenvalue weighted by molar-refractivity contribution is 6.35. The predicted molar refractivity (Wildman–Crippen MR) is 116 cm³/mol. The van der Waals surface area contributed by atoms with Crippen LogP contribution in [0.2, 0.25) is 10.0 Å². The Morgan fingerprint density at radius 3 is 2.40 bits per heavy atom. The number of amides is 1. The Balaban J connectivity index is 1.68. The van der Waals surface area contributed by atoms with Crippen molar-refractivity contribution in [1.82, 2.24) is 0 Å². The van der Waals surface area contributed by atoms with Crippen molar-refractivity contribution < 1.29 is 23.9 Å². The summed E-state index contributed by atoms with van der Waals surface area (Å²) in [6.07, 6.45) is 1.72. The molecule has 0 heterocycles. The molecule has 0 unspecified atom stereocenters. The fourth-order valence-electron chi connectivity index (χ4n) is 2.48. The van der Waals surface area contributed by atoms with Gasteiger partial charge in [0.25, 0.3) is 0 Å². The summed E-state index contributed by atoms with van der Waals surface area (Å²) in [5.74, 6) is -0.400. The summed E-state index contributed by atoms with van der Waals surface area (Å²) in [4.78, 5) is 35.5. The van der Waals surface area contributed by atoms with Gasteiger partial charge in [-0.2, -0.15) is 0 Å². The molecule has 0 atom stereocenters. The van der Waals surface area contributed by atoms with Crippen molar-refractivity contribution >= 4 is 46.5 Å². The van der Waals surface area contributed by atoms with Crippen molar-refractivity contribution in [2.45, 2.75) is 32.6 Å². The number of carbonyl (C=O) groups excluding carboxylic acids is 3. The number of hydrogen-bond acceptors (Lipinski definition) is 5. The van der Waals surface area contributed by atoms with Crippen molar-refractivity contribution in [3.63, 3.8) is 0 Å². The highest BCUT2D eigenvalue weighted by Crippen LogP contribution is 2.27. The first-order valence-electron chi connectivity index (χ1n) is 9.55. The second kappa shape index (κ2) is 12.2. The van der Waals surface area contributed by atoms with Crippen LogP contribution in [-0.2, 0) is 14.3 Å². The number of ketones is 1. The van der Waals surface area contributed by atoms with Crippen molar-refractivity contribution in [2.24, 2.45) is 0 Å². The maximum Gasteiger partial charge on any atom is 0.306 e. The molecule has 2 aromatic carbocycles. The number of halogens is 2. The lowest BCUT2D eigenvalue weighted by Crippen LogP contribution is -2.15. The summed E-state index contributed by atoms with van der Waals surface area (Å²) in [5, 5.41) is 3.65. The van der Waals surface area contributed by atoms with Crippen LogP contribution in [0, 0.1) is 0 Å². The van der Waals surface area contributed by atoms with E-state index in [-0.39, 0.29) is 31.3 Å². The van der Waals surface area contributed by atoms with Crippen LogP contribution in [0.25, 0.3) is 0 Å². The van der Waals surface area contributed by atoms with Gasteiger partial charge in [0.2, 0.25) is 5.91 Å². The normalized spacial score (nSPS) is 10.4. The molecule has 1 amide bonds. The van der Waals surface area contributed by atoms with E-state index in [1.54, 1.807) is 42.5 Å². The molecular weight excluding hydrogens is 429 g/mol.